The highest BCUT2D eigenvalue weighted by atomic mass is 16.4. The lowest BCUT2D eigenvalue weighted by atomic mass is 10.1. The molecule has 0 aromatic heterocycles. The van der Waals surface area contributed by atoms with Gasteiger partial charge in [-0.3, -0.25) is 14.4 Å². The molecule has 0 aromatic carbocycles. The van der Waals surface area contributed by atoms with Crippen LogP contribution in [0.15, 0.2) is 0 Å². The minimum atomic E-state index is -0.949. The Morgan fingerprint density at radius 2 is 2.24 bits per heavy atom. The topological polar surface area (TPSA) is 86.7 Å². The number of carbonyl (C=O) groups excluding carboxylic acids is 2. The van der Waals surface area contributed by atoms with Gasteiger partial charge >= 0.3 is 5.97 Å². The molecule has 1 rings (SSSR count). The Balaban J connectivity index is 2.44. The van der Waals surface area contributed by atoms with Crippen molar-refractivity contribution in [2.75, 3.05) is 13.1 Å². The van der Waals surface area contributed by atoms with E-state index in [0.717, 1.165) is 0 Å². The van der Waals surface area contributed by atoms with E-state index in [1.807, 2.05) is 6.92 Å². The summed E-state index contributed by atoms with van der Waals surface area (Å²) in [5, 5.41) is 11.2. The molecule has 1 aliphatic heterocycles. The molecular formula is C11H18N2O4. The summed E-state index contributed by atoms with van der Waals surface area (Å²) >= 11 is 0. The van der Waals surface area contributed by atoms with E-state index in [4.69, 9.17) is 5.11 Å². The molecule has 0 radical (unpaired) electrons. The third kappa shape index (κ3) is 3.72. The van der Waals surface area contributed by atoms with Crippen LogP contribution < -0.4 is 5.32 Å². The summed E-state index contributed by atoms with van der Waals surface area (Å²) in [6.07, 6.45) is 0.114. The van der Waals surface area contributed by atoms with Gasteiger partial charge in [0.05, 0.1) is 12.3 Å². The van der Waals surface area contributed by atoms with Gasteiger partial charge in [-0.2, -0.15) is 0 Å². The molecule has 1 aliphatic rings. The van der Waals surface area contributed by atoms with E-state index >= 15 is 0 Å². The molecule has 0 saturated carbocycles. The lowest BCUT2D eigenvalue weighted by molar-refractivity contribution is -0.137. The van der Waals surface area contributed by atoms with Gasteiger partial charge in [0.25, 0.3) is 0 Å². The maximum Gasteiger partial charge on any atom is 0.305 e. The van der Waals surface area contributed by atoms with Crippen molar-refractivity contribution in [3.63, 3.8) is 0 Å². The molecule has 0 aromatic rings. The average molecular weight is 242 g/mol. The maximum absolute atomic E-state index is 11.8. The van der Waals surface area contributed by atoms with Crippen LogP contribution in [0.25, 0.3) is 0 Å². The molecule has 6 heteroatoms. The second-order valence-corrected chi connectivity index (χ2v) is 4.34. The zero-order valence-corrected chi connectivity index (χ0v) is 10.1. The van der Waals surface area contributed by atoms with E-state index in [2.05, 4.69) is 5.32 Å². The van der Waals surface area contributed by atoms with Gasteiger partial charge in [0, 0.05) is 25.6 Å². The summed E-state index contributed by atoms with van der Waals surface area (Å²) in [6, 6.07) is -0.411. The number of aliphatic carboxylic acids is 1. The summed E-state index contributed by atoms with van der Waals surface area (Å²) in [6.45, 7) is 4.54. The van der Waals surface area contributed by atoms with Crippen LogP contribution in [0.4, 0.5) is 0 Å². The number of carbonyl (C=O) groups is 3. The van der Waals surface area contributed by atoms with E-state index in [0.29, 0.717) is 13.1 Å². The molecule has 0 aliphatic carbocycles. The number of rotatable bonds is 5. The van der Waals surface area contributed by atoms with Crippen molar-refractivity contribution in [1.29, 1.82) is 0 Å². The third-order valence-corrected chi connectivity index (χ3v) is 2.84. The predicted octanol–water partition coefficient (Wildman–Crippen LogP) is -0.166. The number of hydrogen-bond acceptors (Lipinski definition) is 3. The minimum absolute atomic E-state index is 0.0152. The van der Waals surface area contributed by atoms with Crippen molar-refractivity contribution in [1.82, 2.24) is 10.2 Å². The summed E-state index contributed by atoms with van der Waals surface area (Å²) in [5.41, 5.74) is 0. The van der Waals surface area contributed by atoms with Crippen molar-refractivity contribution < 1.29 is 19.5 Å². The van der Waals surface area contributed by atoms with Crippen LogP contribution in [0.2, 0.25) is 0 Å². The lowest BCUT2D eigenvalue weighted by Gasteiger charge is -2.16. The zero-order valence-electron chi connectivity index (χ0n) is 10.1. The Hall–Kier alpha value is -1.59. The Bertz CT molecular complexity index is 329. The van der Waals surface area contributed by atoms with E-state index in [9.17, 15) is 14.4 Å². The largest absolute Gasteiger partial charge is 0.481 e. The molecule has 1 saturated heterocycles. The maximum atomic E-state index is 11.8. The average Bonchev–Trinajstić information content (AvgIpc) is 2.58. The summed E-state index contributed by atoms with van der Waals surface area (Å²) < 4.78 is 0. The molecule has 2 atom stereocenters. The third-order valence-electron chi connectivity index (χ3n) is 2.84. The molecule has 96 valence electrons. The highest BCUT2D eigenvalue weighted by Gasteiger charge is 2.33. The van der Waals surface area contributed by atoms with E-state index in [1.165, 1.54) is 0 Å². The molecule has 2 amide bonds. The fourth-order valence-corrected chi connectivity index (χ4v) is 1.93. The van der Waals surface area contributed by atoms with Crippen LogP contribution in [0.5, 0.6) is 0 Å². The number of hydrogen-bond donors (Lipinski definition) is 2. The fourth-order valence-electron chi connectivity index (χ4n) is 1.93. The monoisotopic (exact) mass is 242 g/mol. The first-order chi connectivity index (χ1) is 7.93. The second-order valence-electron chi connectivity index (χ2n) is 4.34. The Morgan fingerprint density at radius 1 is 1.59 bits per heavy atom. The quantitative estimate of drug-likeness (QED) is 0.701. The second kappa shape index (κ2) is 5.65. The van der Waals surface area contributed by atoms with Crippen LogP contribution in [-0.2, 0) is 14.4 Å². The van der Waals surface area contributed by atoms with E-state index < -0.39 is 12.0 Å². The minimum Gasteiger partial charge on any atom is -0.481 e. The van der Waals surface area contributed by atoms with Gasteiger partial charge in [0.1, 0.15) is 0 Å². The number of likely N-dealkylation sites (tertiary alicyclic amines) is 1. The van der Waals surface area contributed by atoms with Gasteiger partial charge in [-0.05, 0) is 13.8 Å². The Labute approximate surface area is 100.0 Å². The number of nitrogens with one attached hydrogen (secondary N) is 1. The highest BCUT2D eigenvalue weighted by Crippen LogP contribution is 2.17. The van der Waals surface area contributed by atoms with Gasteiger partial charge < -0.3 is 15.3 Å². The standard InChI is InChI=1S/C11H18N2O4/c1-3-13-6-8(5-9(13)14)11(17)12-7(2)4-10(15)16/h7-8H,3-6H2,1-2H3,(H,12,17)(H,15,16). The summed E-state index contributed by atoms with van der Waals surface area (Å²) in [7, 11) is 0. The number of nitrogens with zero attached hydrogens (tertiary/aromatic N) is 1. The van der Waals surface area contributed by atoms with Crippen LogP contribution in [-0.4, -0.2) is 46.9 Å². The first-order valence-corrected chi connectivity index (χ1v) is 5.74. The fraction of sp³-hybridized carbons (Fsp3) is 0.727. The predicted molar refractivity (Wildman–Crippen MR) is 60.2 cm³/mol. The smallest absolute Gasteiger partial charge is 0.305 e. The summed E-state index contributed by atoms with van der Waals surface area (Å²) in [5.74, 6) is -1.55. The normalized spacial score (nSPS) is 21.4. The molecule has 0 bridgehead atoms. The first kappa shape index (κ1) is 13.5. The first-order valence-electron chi connectivity index (χ1n) is 5.74. The van der Waals surface area contributed by atoms with Crippen molar-refractivity contribution in [2.45, 2.75) is 32.7 Å². The Morgan fingerprint density at radius 3 is 2.71 bits per heavy atom. The molecule has 17 heavy (non-hydrogen) atoms. The molecular weight excluding hydrogens is 224 g/mol. The molecule has 2 N–H and O–H groups in total. The van der Waals surface area contributed by atoms with Gasteiger partial charge in [-0.1, -0.05) is 0 Å². The molecule has 0 spiro atoms. The molecule has 1 heterocycles. The van der Waals surface area contributed by atoms with Crippen molar-refractivity contribution in [3.05, 3.63) is 0 Å². The number of amides is 2. The Kier molecular flexibility index (Phi) is 4.48. The SMILES string of the molecule is CCN1CC(C(=O)NC(C)CC(=O)O)CC1=O. The van der Waals surface area contributed by atoms with Crippen LogP contribution in [0.3, 0.4) is 0 Å². The van der Waals surface area contributed by atoms with Crippen molar-refractivity contribution >= 4 is 17.8 Å². The number of carboxylic acids is 1. The highest BCUT2D eigenvalue weighted by molar-refractivity contribution is 5.89. The molecule has 2 unspecified atom stereocenters. The zero-order chi connectivity index (χ0) is 13.0. The van der Waals surface area contributed by atoms with Gasteiger partial charge in [0.15, 0.2) is 0 Å². The van der Waals surface area contributed by atoms with Crippen LogP contribution >= 0.6 is 0 Å². The van der Waals surface area contributed by atoms with E-state index in [1.54, 1.807) is 11.8 Å². The molecule has 1 fully saturated rings. The van der Waals surface area contributed by atoms with Gasteiger partial charge in [-0.15, -0.1) is 0 Å². The summed E-state index contributed by atoms with van der Waals surface area (Å²) in [4.78, 5) is 35.3. The van der Waals surface area contributed by atoms with Crippen molar-refractivity contribution in [3.8, 4) is 0 Å². The van der Waals surface area contributed by atoms with Crippen molar-refractivity contribution in [2.24, 2.45) is 5.92 Å². The van der Waals surface area contributed by atoms with Gasteiger partial charge in [-0.25, -0.2) is 0 Å². The van der Waals surface area contributed by atoms with E-state index in [-0.39, 0.29) is 30.6 Å². The molecule has 6 nitrogen and oxygen atoms in total. The lowest BCUT2D eigenvalue weighted by Crippen LogP contribution is -2.39. The van der Waals surface area contributed by atoms with Gasteiger partial charge in [0.2, 0.25) is 11.8 Å². The van der Waals surface area contributed by atoms with Crippen LogP contribution in [0.1, 0.15) is 26.7 Å². The van der Waals surface area contributed by atoms with Crippen LogP contribution in [0, 0.1) is 5.92 Å². The number of carboxylic acid groups (broad SMARTS) is 1.